The van der Waals surface area contributed by atoms with Crippen LogP contribution in [0.3, 0.4) is 0 Å². The van der Waals surface area contributed by atoms with E-state index in [1.54, 1.807) is 18.6 Å². The Labute approximate surface area is 223 Å². The molecule has 2 aromatic carbocycles. The van der Waals surface area contributed by atoms with Crippen LogP contribution in [-0.2, 0) is 0 Å². The summed E-state index contributed by atoms with van der Waals surface area (Å²) in [6.07, 6.45) is 9.21. The number of hydrogen-bond donors (Lipinski definition) is 3. The fraction of sp³-hybridized carbons (Fsp3) is 0.484. The van der Waals surface area contributed by atoms with Crippen LogP contribution in [0.2, 0.25) is 0 Å². The number of benzene rings is 2. The van der Waals surface area contributed by atoms with Crippen LogP contribution < -0.4 is 10.6 Å². The number of carbonyl (C=O) groups excluding carboxylic acids is 1. The Kier molecular flexibility index (Phi) is 6.50. The molecule has 6 rings (SSSR count). The van der Waals surface area contributed by atoms with Crippen molar-refractivity contribution in [3.63, 3.8) is 0 Å². The van der Waals surface area contributed by atoms with E-state index < -0.39 is 6.10 Å². The third-order valence-corrected chi connectivity index (χ3v) is 9.60. The highest BCUT2D eigenvalue weighted by molar-refractivity contribution is 5.89. The minimum Gasteiger partial charge on any atom is -0.392 e. The number of rotatable bonds is 6. The Morgan fingerprint density at radius 2 is 2.03 bits per heavy atom. The summed E-state index contributed by atoms with van der Waals surface area (Å²) in [5.41, 5.74) is 4.13. The van der Waals surface area contributed by atoms with Crippen molar-refractivity contribution in [1.82, 2.24) is 14.9 Å². The maximum Gasteiger partial charge on any atom is 0.319 e. The molecule has 2 heterocycles. The molecule has 0 spiro atoms. The van der Waals surface area contributed by atoms with Crippen molar-refractivity contribution in [3.05, 3.63) is 71.9 Å². The Balaban J connectivity index is 1.18. The largest absolute Gasteiger partial charge is 0.392 e. The van der Waals surface area contributed by atoms with Gasteiger partial charge in [0.15, 0.2) is 0 Å². The maximum atomic E-state index is 15.0. The van der Waals surface area contributed by atoms with Crippen LogP contribution in [0.4, 0.5) is 14.9 Å². The van der Waals surface area contributed by atoms with E-state index in [1.807, 2.05) is 41.8 Å². The number of halogens is 1. The molecule has 0 radical (unpaired) electrons. The topological polar surface area (TPSA) is 79.2 Å². The molecule has 7 heteroatoms. The van der Waals surface area contributed by atoms with Gasteiger partial charge in [-0.1, -0.05) is 36.8 Å². The van der Waals surface area contributed by atoms with Gasteiger partial charge in [0.05, 0.1) is 30.4 Å². The first-order valence-corrected chi connectivity index (χ1v) is 14.0. The van der Waals surface area contributed by atoms with Gasteiger partial charge in [0.1, 0.15) is 5.82 Å². The quantitative estimate of drug-likeness (QED) is 0.352. The van der Waals surface area contributed by atoms with E-state index in [4.69, 9.17) is 0 Å². The van der Waals surface area contributed by atoms with E-state index in [-0.39, 0.29) is 29.3 Å². The molecule has 1 aromatic heterocycles. The molecule has 6 atom stereocenters. The van der Waals surface area contributed by atoms with Crippen LogP contribution in [0.15, 0.2) is 55.0 Å². The van der Waals surface area contributed by atoms with E-state index >= 15 is 4.39 Å². The molecule has 0 saturated heterocycles. The number of nitrogens with one attached hydrogen (secondary N) is 2. The van der Waals surface area contributed by atoms with Crippen molar-refractivity contribution in [2.45, 2.75) is 77.0 Å². The predicted octanol–water partition coefficient (Wildman–Crippen LogP) is 6.45. The Bertz CT molecular complexity index is 1320. The fourth-order valence-corrected chi connectivity index (χ4v) is 7.60. The average Bonchev–Trinajstić information content (AvgIpc) is 3.50. The number of carbonyl (C=O) groups is 1. The number of aryl methyl sites for hydroxylation is 1. The van der Waals surface area contributed by atoms with Gasteiger partial charge in [-0.3, -0.25) is 0 Å². The molecule has 2 bridgehead atoms. The van der Waals surface area contributed by atoms with E-state index in [2.05, 4.69) is 22.5 Å². The van der Waals surface area contributed by atoms with Gasteiger partial charge < -0.3 is 20.3 Å². The van der Waals surface area contributed by atoms with Crippen molar-refractivity contribution in [2.24, 2.45) is 17.3 Å². The number of aromatic nitrogens is 2. The lowest BCUT2D eigenvalue weighted by Gasteiger charge is -2.52. The van der Waals surface area contributed by atoms with Crippen LogP contribution in [0.5, 0.6) is 0 Å². The van der Waals surface area contributed by atoms with E-state index in [1.165, 1.54) is 6.07 Å². The molecule has 2 saturated carbocycles. The van der Waals surface area contributed by atoms with Gasteiger partial charge in [-0.05, 0) is 87.3 Å². The smallest absolute Gasteiger partial charge is 0.319 e. The normalized spacial score (nSPS) is 28.3. The SMILES string of the molecule is CCC1(C(O)CC2c3c(F)cccc3-c3cncn32)CC2CC[C@@H](NC(=O)Nc3ccc(C)cc3)C(C2)C1. The lowest BCUT2D eigenvalue weighted by molar-refractivity contribution is -0.0663. The second-order valence-electron chi connectivity index (χ2n) is 11.8. The molecule has 1 aliphatic heterocycles. The minimum atomic E-state index is -0.580. The molecule has 38 heavy (non-hydrogen) atoms. The number of urea groups is 1. The van der Waals surface area contributed by atoms with Crippen molar-refractivity contribution >= 4 is 11.7 Å². The minimum absolute atomic E-state index is 0.0834. The Hall–Kier alpha value is -3.19. The van der Waals surface area contributed by atoms with Crippen LogP contribution in [0.25, 0.3) is 11.3 Å². The number of hydrogen-bond acceptors (Lipinski definition) is 3. The molecule has 200 valence electrons. The highest BCUT2D eigenvalue weighted by atomic mass is 19.1. The van der Waals surface area contributed by atoms with Crippen molar-refractivity contribution < 1.29 is 14.3 Å². The average molecular weight is 517 g/mol. The standard InChI is InChI=1S/C31H37FN4O2/c1-3-31(28(37)14-26-29-23(5-4-6-24(29)32)27-17-33-18-36(26)27)15-20-9-12-25(21(13-20)16-31)35-30(38)34-22-10-7-19(2)8-11-22/h4-8,10-11,17-18,20-21,25-26,28,37H,3,9,12-16H2,1-2H3,(H2,34,35,38)/t20?,21?,25-,26?,28?,31?/m1/s1. The Morgan fingerprint density at radius 3 is 2.82 bits per heavy atom. The van der Waals surface area contributed by atoms with Gasteiger partial charge >= 0.3 is 6.03 Å². The van der Waals surface area contributed by atoms with Crippen LogP contribution >= 0.6 is 0 Å². The van der Waals surface area contributed by atoms with Gasteiger partial charge in [0.2, 0.25) is 0 Å². The molecular formula is C31H37FN4O2. The molecule has 2 fully saturated rings. The van der Waals surface area contributed by atoms with Gasteiger partial charge in [-0.2, -0.15) is 0 Å². The lowest BCUT2D eigenvalue weighted by Crippen LogP contribution is -2.52. The van der Waals surface area contributed by atoms with Gasteiger partial charge in [0.25, 0.3) is 0 Å². The third kappa shape index (κ3) is 4.41. The first-order valence-electron chi connectivity index (χ1n) is 14.0. The van der Waals surface area contributed by atoms with Crippen molar-refractivity contribution in [1.29, 1.82) is 0 Å². The lowest BCUT2D eigenvalue weighted by atomic mass is 9.56. The number of nitrogens with zero attached hydrogens (tertiary/aromatic N) is 2. The molecule has 3 aliphatic rings. The number of aliphatic hydroxyl groups excluding tert-OH is 1. The summed E-state index contributed by atoms with van der Waals surface area (Å²) >= 11 is 0. The number of imidazole rings is 1. The zero-order chi connectivity index (χ0) is 26.4. The predicted molar refractivity (Wildman–Crippen MR) is 146 cm³/mol. The Morgan fingerprint density at radius 1 is 1.21 bits per heavy atom. The molecule has 2 amide bonds. The third-order valence-electron chi connectivity index (χ3n) is 9.60. The molecule has 3 N–H and O–H groups in total. The maximum absolute atomic E-state index is 15.0. The monoisotopic (exact) mass is 516 g/mol. The summed E-state index contributed by atoms with van der Waals surface area (Å²) in [6, 6.07) is 12.6. The highest BCUT2D eigenvalue weighted by Crippen LogP contribution is 2.54. The van der Waals surface area contributed by atoms with Crippen LogP contribution in [-0.4, -0.2) is 32.8 Å². The fourth-order valence-electron chi connectivity index (χ4n) is 7.60. The summed E-state index contributed by atoms with van der Waals surface area (Å²) < 4.78 is 17.0. The van der Waals surface area contributed by atoms with Crippen LogP contribution in [0.1, 0.15) is 69.0 Å². The summed E-state index contributed by atoms with van der Waals surface area (Å²) in [4.78, 5) is 17.2. The number of aliphatic hydroxyl groups is 1. The first kappa shape index (κ1) is 25.1. The van der Waals surface area contributed by atoms with Gasteiger partial charge in [-0.15, -0.1) is 0 Å². The van der Waals surface area contributed by atoms with E-state index in [0.29, 0.717) is 23.8 Å². The number of fused-ring (bicyclic) bond motifs is 5. The van der Waals surface area contributed by atoms with Gasteiger partial charge in [0, 0.05) is 22.9 Å². The van der Waals surface area contributed by atoms with E-state index in [0.717, 1.165) is 61.0 Å². The number of anilines is 1. The molecule has 6 nitrogen and oxygen atoms in total. The van der Waals surface area contributed by atoms with Crippen molar-refractivity contribution in [3.8, 4) is 11.3 Å². The molecule has 3 aromatic rings. The van der Waals surface area contributed by atoms with E-state index in [9.17, 15) is 9.90 Å². The summed E-state index contributed by atoms with van der Waals surface area (Å²) in [5.74, 6) is 0.633. The summed E-state index contributed by atoms with van der Waals surface area (Å²) in [7, 11) is 0. The van der Waals surface area contributed by atoms with Gasteiger partial charge in [-0.25, -0.2) is 14.2 Å². The molecule has 2 aliphatic carbocycles. The molecular weight excluding hydrogens is 479 g/mol. The summed E-state index contributed by atoms with van der Waals surface area (Å²) in [5, 5.41) is 18.1. The number of amides is 2. The second-order valence-corrected chi connectivity index (χ2v) is 11.8. The molecule has 5 unspecified atom stereocenters. The summed E-state index contributed by atoms with van der Waals surface area (Å²) in [6.45, 7) is 4.19. The highest BCUT2D eigenvalue weighted by Gasteiger charge is 2.49. The van der Waals surface area contributed by atoms with Crippen molar-refractivity contribution in [2.75, 3.05) is 5.32 Å². The first-order chi connectivity index (χ1) is 18.4. The zero-order valence-electron chi connectivity index (χ0n) is 22.2. The second kappa shape index (κ2) is 9.84. The van der Waals surface area contributed by atoms with Crippen LogP contribution in [0, 0.1) is 30.0 Å². The zero-order valence-corrected chi connectivity index (χ0v) is 22.2.